The number of carbonyl (C=O) groups is 3. The molecule has 1 unspecified atom stereocenters. The third kappa shape index (κ3) is 3.31. The zero-order valence-corrected chi connectivity index (χ0v) is 16.6. The van der Waals surface area contributed by atoms with Gasteiger partial charge in [-0.15, -0.1) is 5.10 Å². The standard InChI is InChI=1S/C21H18N6O4/c1-31-14-3-5-16(22-9-14)17-11-27(25-24-17)13-2-4-15-12(8-13)10-26(21(15)30)18-6-7-19(28)23-20(18)29/h2-5,8-9,11,18H,6-7,10H2,1H3,(H,23,28,29). The second-order valence-corrected chi connectivity index (χ2v) is 7.37. The monoisotopic (exact) mass is 418 g/mol. The maximum atomic E-state index is 12.8. The van der Waals surface area contributed by atoms with Crippen molar-refractivity contribution in [2.75, 3.05) is 7.11 Å². The van der Waals surface area contributed by atoms with Gasteiger partial charge in [-0.1, -0.05) is 5.21 Å². The average Bonchev–Trinajstić information content (AvgIpc) is 3.39. The summed E-state index contributed by atoms with van der Waals surface area (Å²) in [4.78, 5) is 42.3. The molecule has 10 nitrogen and oxygen atoms in total. The highest BCUT2D eigenvalue weighted by atomic mass is 16.5. The molecule has 4 heterocycles. The fraction of sp³-hybridized carbons (Fsp3) is 0.238. The van der Waals surface area contributed by atoms with E-state index in [2.05, 4.69) is 20.6 Å². The van der Waals surface area contributed by atoms with Gasteiger partial charge in [0.25, 0.3) is 5.91 Å². The van der Waals surface area contributed by atoms with Crippen LogP contribution in [0.1, 0.15) is 28.8 Å². The van der Waals surface area contributed by atoms with E-state index in [-0.39, 0.29) is 18.2 Å². The van der Waals surface area contributed by atoms with Gasteiger partial charge in [0, 0.05) is 18.5 Å². The van der Waals surface area contributed by atoms with Gasteiger partial charge in [0.1, 0.15) is 17.5 Å². The van der Waals surface area contributed by atoms with Crippen molar-refractivity contribution in [2.45, 2.75) is 25.4 Å². The van der Waals surface area contributed by atoms with E-state index in [1.165, 1.54) is 4.90 Å². The Bertz CT molecular complexity index is 1200. The van der Waals surface area contributed by atoms with Gasteiger partial charge in [-0.3, -0.25) is 24.7 Å². The molecule has 2 aromatic heterocycles. The minimum Gasteiger partial charge on any atom is -0.495 e. The highest BCUT2D eigenvalue weighted by Crippen LogP contribution is 2.29. The van der Waals surface area contributed by atoms with E-state index in [1.54, 1.807) is 48.5 Å². The van der Waals surface area contributed by atoms with Crippen molar-refractivity contribution in [1.82, 2.24) is 30.2 Å². The van der Waals surface area contributed by atoms with E-state index < -0.39 is 11.9 Å². The number of amides is 3. The molecule has 1 N–H and O–H groups in total. The fourth-order valence-corrected chi connectivity index (χ4v) is 3.86. The second-order valence-electron chi connectivity index (χ2n) is 7.37. The Hall–Kier alpha value is -4.08. The summed E-state index contributed by atoms with van der Waals surface area (Å²) in [6.45, 7) is 0.301. The number of ether oxygens (including phenoxy) is 1. The molecule has 5 rings (SSSR count). The third-order valence-corrected chi connectivity index (χ3v) is 5.50. The van der Waals surface area contributed by atoms with Crippen LogP contribution >= 0.6 is 0 Å². The molecule has 0 saturated carbocycles. The topological polar surface area (TPSA) is 119 Å². The second kappa shape index (κ2) is 7.31. The van der Waals surface area contributed by atoms with Crippen molar-refractivity contribution in [3.05, 3.63) is 53.9 Å². The van der Waals surface area contributed by atoms with Gasteiger partial charge in [-0.25, -0.2) is 4.68 Å². The van der Waals surface area contributed by atoms with Crippen molar-refractivity contribution in [1.29, 1.82) is 0 Å². The largest absolute Gasteiger partial charge is 0.495 e. The first-order chi connectivity index (χ1) is 15.0. The molecule has 3 amide bonds. The lowest BCUT2D eigenvalue weighted by atomic mass is 10.0. The van der Waals surface area contributed by atoms with Crippen LogP contribution in [0.4, 0.5) is 0 Å². The van der Waals surface area contributed by atoms with Crippen LogP contribution in [-0.2, 0) is 16.1 Å². The van der Waals surface area contributed by atoms with Gasteiger partial charge in [0.2, 0.25) is 11.8 Å². The van der Waals surface area contributed by atoms with E-state index in [4.69, 9.17) is 4.74 Å². The van der Waals surface area contributed by atoms with E-state index in [9.17, 15) is 14.4 Å². The number of pyridine rings is 1. The van der Waals surface area contributed by atoms with Gasteiger partial charge in [0.05, 0.1) is 30.9 Å². The Morgan fingerprint density at radius 1 is 1.13 bits per heavy atom. The van der Waals surface area contributed by atoms with Crippen LogP contribution in [0.3, 0.4) is 0 Å². The van der Waals surface area contributed by atoms with E-state index in [0.717, 1.165) is 11.3 Å². The molecule has 1 saturated heterocycles. The Balaban J connectivity index is 1.39. The number of piperidine rings is 1. The van der Waals surface area contributed by atoms with E-state index in [1.807, 2.05) is 6.07 Å². The third-order valence-electron chi connectivity index (χ3n) is 5.50. The molecule has 156 valence electrons. The zero-order chi connectivity index (χ0) is 21.5. The van der Waals surface area contributed by atoms with Crippen LogP contribution < -0.4 is 10.1 Å². The summed E-state index contributed by atoms with van der Waals surface area (Å²) in [5.41, 5.74) is 3.35. The summed E-state index contributed by atoms with van der Waals surface area (Å²) >= 11 is 0. The smallest absolute Gasteiger partial charge is 0.255 e. The number of hydrogen-bond acceptors (Lipinski definition) is 7. The fourth-order valence-electron chi connectivity index (χ4n) is 3.86. The number of nitrogens with one attached hydrogen (secondary N) is 1. The molecule has 0 bridgehead atoms. The zero-order valence-electron chi connectivity index (χ0n) is 16.6. The Labute approximate surface area is 176 Å². The van der Waals surface area contributed by atoms with Crippen molar-refractivity contribution in [3.63, 3.8) is 0 Å². The summed E-state index contributed by atoms with van der Waals surface area (Å²) in [7, 11) is 1.58. The molecule has 1 atom stereocenters. The Morgan fingerprint density at radius 3 is 2.74 bits per heavy atom. The molecule has 31 heavy (non-hydrogen) atoms. The molecule has 3 aromatic rings. The lowest BCUT2D eigenvalue weighted by Gasteiger charge is -2.29. The molecule has 2 aliphatic heterocycles. The first-order valence-corrected chi connectivity index (χ1v) is 9.74. The van der Waals surface area contributed by atoms with Crippen LogP contribution in [0, 0.1) is 0 Å². The number of benzene rings is 1. The van der Waals surface area contributed by atoms with Crippen molar-refractivity contribution in [2.24, 2.45) is 0 Å². The number of imide groups is 1. The van der Waals surface area contributed by atoms with Crippen LogP contribution in [0.5, 0.6) is 5.75 Å². The summed E-state index contributed by atoms with van der Waals surface area (Å²) in [6.07, 6.45) is 3.92. The predicted octanol–water partition coefficient (Wildman–Crippen LogP) is 1.10. The Kier molecular flexibility index (Phi) is 4.46. The number of rotatable bonds is 4. The van der Waals surface area contributed by atoms with Gasteiger partial charge in [-0.05, 0) is 42.3 Å². The Morgan fingerprint density at radius 2 is 2.00 bits per heavy atom. The van der Waals surface area contributed by atoms with Crippen molar-refractivity contribution < 1.29 is 19.1 Å². The number of fused-ring (bicyclic) bond motifs is 1. The molecule has 1 fully saturated rings. The lowest BCUT2D eigenvalue weighted by molar-refractivity contribution is -0.136. The molecule has 2 aliphatic rings. The number of hydrogen-bond donors (Lipinski definition) is 1. The SMILES string of the molecule is COc1ccc(-c2cn(-c3ccc4c(c3)CN(C3CCC(=O)NC3=O)C4=O)nn2)nc1. The first kappa shape index (κ1) is 18.9. The first-order valence-electron chi connectivity index (χ1n) is 9.74. The summed E-state index contributed by atoms with van der Waals surface area (Å²) in [5.74, 6) is -0.288. The van der Waals surface area contributed by atoms with E-state index >= 15 is 0 Å². The minimum atomic E-state index is -0.639. The minimum absolute atomic E-state index is 0.210. The van der Waals surface area contributed by atoms with Crippen LogP contribution in [0.2, 0.25) is 0 Å². The van der Waals surface area contributed by atoms with E-state index in [0.29, 0.717) is 35.7 Å². The molecule has 1 aromatic carbocycles. The average molecular weight is 418 g/mol. The molecule has 0 spiro atoms. The summed E-state index contributed by atoms with van der Waals surface area (Å²) in [6, 6.07) is 8.33. The maximum absolute atomic E-state index is 12.8. The number of carbonyl (C=O) groups excluding carboxylic acids is 3. The molecular formula is C21H18N6O4. The maximum Gasteiger partial charge on any atom is 0.255 e. The predicted molar refractivity (Wildman–Crippen MR) is 107 cm³/mol. The van der Waals surface area contributed by atoms with Gasteiger partial charge in [-0.2, -0.15) is 0 Å². The highest BCUT2D eigenvalue weighted by molar-refractivity contribution is 6.05. The quantitative estimate of drug-likeness (QED) is 0.630. The highest BCUT2D eigenvalue weighted by Gasteiger charge is 2.39. The molecule has 10 heteroatoms. The van der Waals surface area contributed by atoms with Crippen LogP contribution in [0.25, 0.3) is 17.1 Å². The molecule has 0 aliphatic carbocycles. The van der Waals surface area contributed by atoms with Crippen LogP contribution in [0.15, 0.2) is 42.7 Å². The normalized spacial score (nSPS) is 18.2. The lowest BCUT2D eigenvalue weighted by Crippen LogP contribution is -2.52. The van der Waals surface area contributed by atoms with Crippen molar-refractivity contribution >= 4 is 17.7 Å². The molecular weight excluding hydrogens is 400 g/mol. The van der Waals surface area contributed by atoms with Crippen LogP contribution in [-0.4, -0.2) is 55.8 Å². The number of methoxy groups -OCH3 is 1. The molecule has 0 radical (unpaired) electrons. The van der Waals surface area contributed by atoms with Gasteiger partial charge in [0.15, 0.2) is 0 Å². The van der Waals surface area contributed by atoms with Gasteiger partial charge < -0.3 is 9.64 Å². The van der Waals surface area contributed by atoms with Gasteiger partial charge >= 0.3 is 0 Å². The number of aromatic nitrogens is 4. The summed E-state index contributed by atoms with van der Waals surface area (Å²) < 4.78 is 6.73. The van der Waals surface area contributed by atoms with Crippen molar-refractivity contribution in [3.8, 4) is 22.8 Å². The summed E-state index contributed by atoms with van der Waals surface area (Å²) in [5, 5.41) is 10.7. The number of nitrogens with zero attached hydrogens (tertiary/aromatic N) is 5.